The molecule has 0 radical (unpaired) electrons. The van der Waals surface area contributed by atoms with Crippen LogP contribution in [0.15, 0.2) is 65.1 Å². The molecule has 0 aliphatic carbocycles. The lowest BCUT2D eigenvalue weighted by molar-refractivity contribution is 0.872. The van der Waals surface area contributed by atoms with Crippen LogP contribution in [-0.2, 0) is 12.8 Å². The normalized spacial score (nSPS) is 11.2. The molecule has 5 nitrogen and oxygen atoms in total. The maximum absolute atomic E-state index is 9.04. The van der Waals surface area contributed by atoms with Crippen LogP contribution in [0.1, 0.15) is 22.3 Å². The molecular weight excluding hydrogens is 434 g/mol. The number of hydrogen-bond acceptors (Lipinski definition) is 5. The summed E-state index contributed by atoms with van der Waals surface area (Å²) >= 11 is 3.39. The van der Waals surface area contributed by atoms with Gasteiger partial charge in [-0.15, -0.1) is 21.5 Å². The van der Waals surface area contributed by atoms with Crippen molar-refractivity contribution in [3.63, 3.8) is 0 Å². The van der Waals surface area contributed by atoms with Gasteiger partial charge < -0.3 is 4.57 Å². The van der Waals surface area contributed by atoms with E-state index < -0.39 is 0 Å². The molecule has 0 bridgehead atoms. The van der Waals surface area contributed by atoms with E-state index in [9.17, 15) is 0 Å². The number of thioether (sulfide) groups is 1. The van der Waals surface area contributed by atoms with Gasteiger partial charge in [0.1, 0.15) is 0 Å². The first-order valence-electron chi connectivity index (χ1n) is 10.2. The fraction of sp³-hybridized carbons (Fsp3) is 0.160. The molecule has 7 heteroatoms. The van der Waals surface area contributed by atoms with E-state index in [0.29, 0.717) is 5.56 Å². The number of nitriles is 1. The van der Waals surface area contributed by atoms with E-state index in [1.165, 1.54) is 21.3 Å². The fourth-order valence-electron chi connectivity index (χ4n) is 3.79. The number of hydrogen-bond donors (Lipinski definition) is 0. The summed E-state index contributed by atoms with van der Waals surface area (Å²) in [7, 11) is 2.08. The van der Waals surface area contributed by atoms with Gasteiger partial charge in [-0.2, -0.15) is 5.26 Å². The van der Waals surface area contributed by atoms with Crippen LogP contribution in [0.2, 0.25) is 0 Å². The van der Waals surface area contributed by atoms with Gasteiger partial charge in [0.2, 0.25) is 0 Å². The van der Waals surface area contributed by atoms with Crippen LogP contribution >= 0.6 is 23.1 Å². The van der Waals surface area contributed by atoms with Crippen molar-refractivity contribution >= 4 is 33.3 Å². The fourth-order valence-corrected chi connectivity index (χ4v) is 5.54. The van der Waals surface area contributed by atoms with Gasteiger partial charge in [0.05, 0.1) is 33.2 Å². The maximum atomic E-state index is 9.04. The van der Waals surface area contributed by atoms with E-state index in [1.54, 1.807) is 23.1 Å². The number of benzene rings is 2. The number of nitrogens with zero attached hydrogens (tertiary/aromatic N) is 5. The van der Waals surface area contributed by atoms with E-state index in [4.69, 9.17) is 5.26 Å². The number of aromatic nitrogens is 4. The Hall–Kier alpha value is -3.34. The van der Waals surface area contributed by atoms with Gasteiger partial charge in [0.25, 0.3) is 0 Å². The molecule has 0 atom stereocenters. The molecule has 0 saturated heterocycles. The van der Waals surface area contributed by atoms with Gasteiger partial charge in [-0.1, -0.05) is 36.0 Å². The molecule has 0 aliphatic rings. The largest absolute Gasteiger partial charge is 0.340 e. The zero-order valence-corrected chi connectivity index (χ0v) is 19.7. The second-order valence-electron chi connectivity index (χ2n) is 7.79. The Morgan fingerprint density at radius 3 is 2.59 bits per heavy atom. The lowest BCUT2D eigenvalue weighted by Gasteiger charge is -2.14. The minimum absolute atomic E-state index is 0.670. The topological polar surface area (TPSA) is 59.4 Å². The number of fused-ring (bicyclic) bond motifs is 1. The molecule has 5 aromatic rings. The molecule has 2 aromatic carbocycles. The van der Waals surface area contributed by atoms with Crippen LogP contribution in [0, 0.1) is 25.2 Å². The Labute approximate surface area is 195 Å². The van der Waals surface area contributed by atoms with Crippen LogP contribution in [0.3, 0.4) is 0 Å². The zero-order valence-electron chi connectivity index (χ0n) is 18.0. The van der Waals surface area contributed by atoms with E-state index in [2.05, 4.69) is 82.0 Å². The lowest BCUT2D eigenvalue weighted by Crippen LogP contribution is -2.04. The quantitative estimate of drug-likeness (QED) is 0.293. The highest BCUT2D eigenvalue weighted by atomic mass is 32.2. The van der Waals surface area contributed by atoms with Crippen molar-refractivity contribution in [3.05, 3.63) is 82.2 Å². The van der Waals surface area contributed by atoms with Crippen molar-refractivity contribution in [1.82, 2.24) is 19.3 Å². The molecular formula is C25H21N5S2. The molecule has 158 valence electrons. The Kier molecular flexibility index (Phi) is 5.33. The minimum Gasteiger partial charge on any atom is -0.340 e. The lowest BCUT2D eigenvalue weighted by atomic mass is 10.1. The highest BCUT2D eigenvalue weighted by Gasteiger charge is 2.21. The molecule has 0 amide bonds. The van der Waals surface area contributed by atoms with Crippen molar-refractivity contribution in [1.29, 1.82) is 5.26 Å². The summed E-state index contributed by atoms with van der Waals surface area (Å²) in [4.78, 5) is 0. The molecule has 3 heterocycles. The smallest absolute Gasteiger partial charge is 0.196 e. The molecule has 0 aliphatic heterocycles. The van der Waals surface area contributed by atoms with E-state index in [0.717, 1.165) is 33.7 Å². The minimum atomic E-state index is 0.670. The third kappa shape index (κ3) is 3.62. The molecule has 3 aromatic heterocycles. The molecule has 0 N–H and O–H groups in total. The van der Waals surface area contributed by atoms with Crippen molar-refractivity contribution in [2.45, 2.75) is 24.8 Å². The molecule has 0 saturated carbocycles. The first kappa shape index (κ1) is 20.6. The van der Waals surface area contributed by atoms with Gasteiger partial charge in [-0.25, -0.2) is 0 Å². The number of rotatable bonds is 5. The van der Waals surface area contributed by atoms with Crippen LogP contribution in [-0.4, -0.2) is 19.3 Å². The summed E-state index contributed by atoms with van der Waals surface area (Å²) in [5, 5.41) is 21.2. The summed E-state index contributed by atoms with van der Waals surface area (Å²) in [6.07, 6.45) is 0. The van der Waals surface area contributed by atoms with Gasteiger partial charge >= 0.3 is 0 Å². The average Bonchev–Trinajstić information content (AvgIpc) is 3.50. The van der Waals surface area contributed by atoms with E-state index >= 15 is 0 Å². The molecule has 0 unspecified atom stereocenters. The second-order valence-corrected chi connectivity index (χ2v) is 9.68. The van der Waals surface area contributed by atoms with Crippen LogP contribution in [0.4, 0.5) is 0 Å². The number of thiophene rings is 1. The highest BCUT2D eigenvalue weighted by molar-refractivity contribution is 7.98. The summed E-state index contributed by atoms with van der Waals surface area (Å²) in [6, 6.07) is 20.7. The van der Waals surface area contributed by atoms with E-state index in [1.807, 2.05) is 24.3 Å². The van der Waals surface area contributed by atoms with Crippen molar-refractivity contribution < 1.29 is 0 Å². The Morgan fingerprint density at radius 1 is 1.03 bits per heavy atom. The molecule has 0 fully saturated rings. The monoisotopic (exact) mass is 455 g/mol. The van der Waals surface area contributed by atoms with Gasteiger partial charge in [0.15, 0.2) is 11.0 Å². The van der Waals surface area contributed by atoms with Crippen LogP contribution in [0.5, 0.6) is 0 Å². The maximum Gasteiger partial charge on any atom is 0.196 e. The Balaban J connectivity index is 1.60. The predicted octanol–water partition coefficient (Wildman–Crippen LogP) is 6.27. The van der Waals surface area contributed by atoms with Gasteiger partial charge in [0, 0.05) is 12.8 Å². The van der Waals surface area contributed by atoms with Crippen molar-refractivity contribution in [2.75, 3.05) is 0 Å². The van der Waals surface area contributed by atoms with E-state index in [-0.39, 0.29) is 0 Å². The second kappa shape index (κ2) is 8.30. The summed E-state index contributed by atoms with van der Waals surface area (Å²) < 4.78 is 5.60. The van der Waals surface area contributed by atoms with Gasteiger partial charge in [-0.3, -0.25) is 4.57 Å². The molecule has 5 rings (SSSR count). The zero-order chi connectivity index (χ0) is 22.2. The SMILES string of the molecule is Cc1ccc(C)c(-n2c(SCc3ccc(C#N)cc3)nnc2-c2cc3sccc3n2C)c1. The standard InChI is InChI=1S/C25H21N5S2/c1-16-4-5-17(2)21(12-16)30-24(22-13-23-20(29(22)3)10-11-31-23)27-28-25(30)32-15-19-8-6-18(14-26)7-9-19/h4-13H,15H2,1-3H3. The summed E-state index contributed by atoms with van der Waals surface area (Å²) in [6.45, 7) is 4.23. The third-order valence-electron chi connectivity index (χ3n) is 5.58. The third-order valence-corrected chi connectivity index (χ3v) is 7.44. The van der Waals surface area contributed by atoms with Crippen LogP contribution < -0.4 is 0 Å². The first-order chi connectivity index (χ1) is 15.5. The first-order valence-corrected chi connectivity index (χ1v) is 12.1. The summed E-state index contributed by atoms with van der Waals surface area (Å²) in [5.41, 5.74) is 7.53. The Bertz CT molecular complexity index is 1460. The molecule has 0 spiro atoms. The summed E-state index contributed by atoms with van der Waals surface area (Å²) in [5.74, 6) is 1.59. The van der Waals surface area contributed by atoms with Crippen LogP contribution in [0.25, 0.3) is 27.4 Å². The molecule has 32 heavy (non-hydrogen) atoms. The average molecular weight is 456 g/mol. The van der Waals surface area contributed by atoms with Crippen molar-refractivity contribution in [3.8, 4) is 23.3 Å². The van der Waals surface area contributed by atoms with Gasteiger partial charge in [-0.05, 0) is 66.2 Å². The number of aryl methyl sites for hydroxylation is 3. The Morgan fingerprint density at radius 2 is 1.84 bits per heavy atom. The van der Waals surface area contributed by atoms with Crippen molar-refractivity contribution in [2.24, 2.45) is 7.05 Å². The predicted molar refractivity (Wildman–Crippen MR) is 131 cm³/mol. The highest BCUT2D eigenvalue weighted by Crippen LogP contribution is 2.35.